The van der Waals surface area contributed by atoms with Crippen molar-refractivity contribution in [3.05, 3.63) is 29.8 Å². The first kappa shape index (κ1) is 18.7. The van der Waals surface area contributed by atoms with E-state index in [1.165, 1.54) is 0 Å². The highest BCUT2D eigenvalue weighted by molar-refractivity contribution is 5.72. The summed E-state index contributed by atoms with van der Waals surface area (Å²) >= 11 is 0. The smallest absolute Gasteiger partial charge is 0.310 e. The van der Waals surface area contributed by atoms with Crippen molar-refractivity contribution in [2.45, 2.75) is 33.3 Å². The second-order valence-corrected chi connectivity index (χ2v) is 6.58. The standard InChI is InChI=1S/C19H29NO4/c1-4-22-17-7-5-16(6-8-17)11-19(21)24-14-18-13-20(9-10-23-18)12-15(2)3/h5-8,15,18H,4,9-14H2,1-3H3. The summed E-state index contributed by atoms with van der Waals surface area (Å²) in [6, 6.07) is 7.54. The highest BCUT2D eigenvalue weighted by Gasteiger charge is 2.22. The Morgan fingerprint density at radius 1 is 1.33 bits per heavy atom. The van der Waals surface area contributed by atoms with Crippen LogP contribution in [0.2, 0.25) is 0 Å². The number of carbonyl (C=O) groups is 1. The molecule has 134 valence electrons. The lowest BCUT2D eigenvalue weighted by Crippen LogP contribution is -2.45. The third kappa shape index (κ3) is 6.49. The van der Waals surface area contributed by atoms with Crippen LogP contribution >= 0.6 is 0 Å². The Hall–Kier alpha value is -1.59. The predicted octanol–water partition coefficient (Wildman–Crippen LogP) is 2.53. The molecule has 24 heavy (non-hydrogen) atoms. The van der Waals surface area contributed by atoms with Gasteiger partial charge in [0.25, 0.3) is 0 Å². The molecule has 0 radical (unpaired) electrons. The first-order valence-electron chi connectivity index (χ1n) is 8.78. The molecule has 0 amide bonds. The average molecular weight is 335 g/mol. The third-order valence-electron chi connectivity index (χ3n) is 3.86. The lowest BCUT2D eigenvalue weighted by molar-refractivity contribution is -0.149. The molecule has 1 aliphatic rings. The van der Waals surface area contributed by atoms with Gasteiger partial charge >= 0.3 is 5.97 Å². The molecular formula is C19H29NO4. The van der Waals surface area contributed by atoms with Gasteiger partial charge in [0.2, 0.25) is 0 Å². The minimum absolute atomic E-state index is 0.0261. The van der Waals surface area contributed by atoms with E-state index in [-0.39, 0.29) is 18.5 Å². The Morgan fingerprint density at radius 3 is 2.75 bits per heavy atom. The summed E-state index contributed by atoms with van der Waals surface area (Å²) in [4.78, 5) is 14.4. The number of esters is 1. The monoisotopic (exact) mass is 335 g/mol. The van der Waals surface area contributed by atoms with Gasteiger partial charge in [-0.15, -0.1) is 0 Å². The third-order valence-corrected chi connectivity index (χ3v) is 3.86. The average Bonchev–Trinajstić information content (AvgIpc) is 2.55. The molecule has 1 fully saturated rings. The number of hydrogen-bond donors (Lipinski definition) is 0. The van der Waals surface area contributed by atoms with E-state index >= 15 is 0 Å². The Morgan fingerprint density at radius 2 is 2.08 bits per heavy atom. The summed E-state index contributed by atoms with van der Waals surface area (Å²) in [5, 5.41) is 0. The van der Waals surface area contributed by atoms with Crippen LogP contribution in [0.1, 0.15) is 26.3 Å². The fourth-order valence-electron chi connectivity index (χ4n) is 2.84. The number of nitrogens with zero attached hydrogens (tertiary/aromatic N) is 1. The molecule has 2 rings (SSSR count). The Bertz CT molecular complexity index is 501. The van der Waals surface area contributed by atoms with Gasteiger partial charge < -0.3 is 14.2 Å². The molecule has 5 nitrogen and oxygen atoms in total. The molecule has 0 bridgehead atoms. The molecule has 1 saturated heterocycles. The second kappa shape index (κ2) is 9.64. The largest absolute Gasteiger partial charge is 0.494 e. The van der Waals surface area contributed by atoms with E-state index in [9.17, 15) is 4.79 Å². The molecule has 5 heteroatoms. The lowest BCUT2D eigenvalue weighted by Gasteiger charge is -2.33. The molecule has 0 aliphatic carbocycles. The van der Waals surface area contributed by atoms with Gasteiger partial charge in [-0.2, -0.15) is 0 Å². The maximum Gasteiger partial charge on any atom is 0.310 e. The maximum absolute atomic E-state index is 12.0. The van der Waals surface area contributed by atoms with Crippen molar-refractivity contribution in [2.75, 3.05) is 39.5 Å². The molecule has 0 saturated carbocycles. The van der Waals surface area contributed by atoms with Gasteiger partial charge in [-0.25, -0.2) is 0 Å². The normalized spacial score (nSPS) is 18.6. The van der Waals surface area contributed by atoms with Crippen molar-refractivity contribution in [3.63, 3.8) is 0 Å². The number of benzene rings is 1. The SMILES string of the molecule is CCOc1ccc(CC(=O)OCC2CN(CC(C)C)CCO2)cc1. The van der Waals surface area contributed by atoms with Crippen LogP contribution in [0.3, 0.4) is 0 Å². The zero-order valence-corrected chi connectivity index (χ0v) is 15.0. The highest BCUT2D eigenvalue weighted by Crippen LogP contribution is 2.13. The fraction of sp³-hybridized carbons (Fsp3) is 0.632. The van der Waals surface area contributed by atoms with Crippen molar-refractivity contribution >= 4 is 5.97 Å². The zero-order valence-electron chi connectivity index (χ0n) is 15.0. The number of rotatable bonds is 8. The van der Waals surface area contributed by atoms with Crippen LogP contribution in [0.4, 0.5) is 0 Å². The highest BCUT2D eigenvalue weighted by atomic mass is 16.6. The van der Waals surface area contributed by atoms with E-state index < -0.39 is 0 Å². The van der Waals surface area contributed by atoms with Crippen molar-refractivity contribution < 1.29 is 19.0 Å². The minimum atomic E-state index is -0.219. The van der Waals surface area contributed by atoms with Crippen LogP contribution in [0, 0.1) is 5.92 Å². The van der Waals surface area contributed by atoms with E-state index in [4.69, 9.17) is 14.2 Å². The molecule has 0 aromatic heterocycles. The van der Waals surface area contributed by atoms with E-state index in [0.717, 1.165) is 30.9 Å². The van der Waals surface area contributed by atoms with Crippen molar-refractivity contribution in [1.29, 1.82) is 0 Å². The molecule has 1 aliphatic heterocycles. The molecule has 1 aromatic carbocycles. The van der Waals surface area contributed by atoms with Gasteiger partial charge in [0, 0.05) is 19.6 Å². The molecule has 1 aromatic rings. The first-order valence-corrected chi connectivity index (χ1v) is 8.78. The van der Waals surface area contributed by atoms with Crippen LogP contribution < -0.4 is 4.74 Å². The molecule has 1 atom stereocenters. The summed E-state index contributed by atoms with van der Waals surface area (Å²) in [6.45, 7) is 10.9. The number of hydrogen-bond acceptors (Lipinski definition) is 5. The van der Waals surface area contributed by atoms with Gasteiger partial charge in [-0.3, -0.25) is 9.69 Å². The van der Waals surface area contributed by atoms with Crippen LogP contribution in [-0.2, 0) is 20.7 Å². The van der Waals surface area contributed by atoms with Gasteiger partial charge in [0.1, 0.15) is 18.5 Å². The van der Waals surface area contributed by atoms with E-state index in [1.807, 2.05) is 31.2 Å². The molecule has 0 N–H and O–H groups in total. The Balaban J connectivity index is 1.72. The van der Waals surface area contributed by atoms with Crippen molar-refractivity contribution in [2.24, 2.45) is 5.92 Å². The number of carbonyl (C=O) groups excluding carboxylic acids is 1. The summed E-state index contributed by atoms with van der Waals surface area (Å²) in [5.74, 6) is 1.23. The second-order valence-electron chi connectivity index (χ2n) is 6.58. The minimum Gasteiger partial charge on any atom is -0.494 e. The topological polar surface area (TPSA) is 48.0 Å². The molecule has 1 unspecified atom stereocenters. The van der Waals surface area contributed by atoms with Gasteiger partial charge in [-0.05, 0) is 30.5 Å². The predicted molar refractivity (Wildman–Crippen MR) is 93.3 cm³/mol. The quantitative estimate of drug-likeness (QED) is 0.683. The van der Waals surface area contributed by atoms with Crippen LogP contribution in [0.15, 0.2) is 24.3 Å². The Kier molecular flexibility index (Phi) is 7.53. The summed E-state index contributed by atoms with van der Waals surface area (Å²) in [5.41, 5.74) is 0.925. The Labute approximate surface area is 144 Å². The van der Waals surface area contributed by atoms with Gasteiger partial charge in [0.05, 0.1) is 19.6 Å². The van der Waals surface area contributed by atoms with Gasteiger partial charge in [0.15, 0.2) is 0 Å². The summed E-state index contributed by atoms with van der Waals surface area (Å²) in [7, 11) is 0. The number of ether oxygens (including phenoxy) is 3. The summed E-state index contributed by atoms with van der Waals surface area (Å²) < 4.78 is 16.5. The van der Waals surface area contributed by atoms with Crippen molar-refractivity contribution in [1.82, 2.24) is 4.90 Å². The van der Waals surface area contributed by atoms with Crippen LogP contribution in [0.25, 0.3) is 0 Å². The van der Waals surface area contributed by atoms with Crippen molar-refractivity contribution in [3.8, 4) is 5.75 Å². The van der Waals surface area contributed by atoms with E-state index in [0.29, 0.717) is 25.7 Å². The van der Waals surface area contributed by atoms with E-state index in [1.54, 1.807) is 0 Å². The lowest BCUT2D eigenvalue weighted by atomic mass is 10.1. The first-order chi connectivity index (χ1) is 11.6. The summed E-state index contributed by atoms with van der Waals surface area (Å²) in [6.07, 6.45) is 0.247. The molecule has 1 heterocycles. The van der Waals surface area contributed by atoms with Crippen LogP contribution in [-0.4, -0.2) is 56.4 Å². The fourth-order valence-corrected chi connectivity index (χ4v) is 2.84. The molecule has 0 spiro atoms. The van der Waals surface area contributed by atoms with E-state index in [2.05, 4.69) is 18.7 Å². The zero-order chi connectivity index (χ0) is 17.4. The van der Waals surface area contributed by atoms with Gasteiger partial charge in [-0.1, -0.05) is 26.0 Å². The molecular weight excluding hydrogens is 306 g/mol. The maximum atomic E-state index is 12.0. The van der Waals surface area contributed by atoms with Crippen LogP contribution in [0.5, 0.6) is 5.75 Å². The number of morpholine rings is 1.